The first-order valence-electron chi connectivity index (χ1n) is 39.0. The second-order valence-corrected chi connectivity index (χ2v) is 32.2. The molecule has 8 rings (SSSR count). The monoisotopic (exact) mass is 1400 g/mol. The molecule has 20 heteroatoms. The number of nitrogens with one attached hydrogen (secondary N) is 2. The van der Waals surface area contributed by atoms with Crippen LogP contribution in [0.2, 0.25) is 0 Å². The Kier molecular flexibility index (Phi) is 32.0. The van der Waals surface area contributed by atoms with E-state index in [0.717, 1.165) is 38.5 Å². The van der Waals surface area contributed by atoms with Gasteiger partial charge in [-0.3, -0.25) is 9.59 Å². The highest BCUT2D eigenvalue weighted by atomic mass is 16.7. The molecule has 0 aliphatic carbocycles. The lowest BCUT2D eigenvalue weighted by molar-refractivity contribution is -0.350. The Morgan fingerprint density at radius 1 is 0.265 bits per heavy atom. The van der Waals surface area contributed by atoms with Gasteiger partial charge in [0.25, 0.3) is 0 Å². The molecule has 0 aromatic carbocycles. The zero-order valence-electron chi connectivity index (χ0n) is 66.1. The van der Waals surface area contributed by atoms with Gasteiger partial charge in [0, 0.05) is 75.4 Å². The van der Waals surface area contributed by atoms with E-state index in [9.17, 15) is 9.59 Å². The van der Waals surface area contributed by atoms with Crippen molar-refractivity contribution in [2.24, 2.45) is 94.7 Å². The zero-order valence-corrected chi connectivity index (χ0v) is 66.1. The van der Waals surface area contributed by atoms with Crippen molar-refractivity contribution in [3.8, 4) is 0 Å². The van der Waals surface area contributed by atoms with Crippen LogP contribution in [0.4, 0.5) is 0 Å². The highest BCUT2D eigenvalue weighted by Crippen LogP contribution is 2.47. The largest absolute Gasteiger partial charge is 0.382 e. The maximum absolute atomic E-state index is 12.8. The second-order valence-electron chi connectivity index (χ2n) is 32.2. The Morgan fingerprint density at radius 3 is 0.908 bits per heavy atom. The Hall–Kier alpha value is -1.70. The number of carbonyl (C=O) groups is 2. The van der Waals surface area contributed by atoms with Crippen LogP contribution < -0.4 is 10.6 Å². The van der Waals surface area contributed by atoms with E-state index >= 15 is 0 Å². The highest BCUT2D eigenvalue weighted by Gasteiger charge is 2.56. The summed E-state index contributed by atoms with van der Waals surface area (Å²) in [5.41, 5.74) is 0. The molecule has 2 amide bonds. The molecule has 8 aliphatic heterocycles. The minimum absolute atomic E-state index is 0.00256. The van der Waals surface area contributed by atoms with Gasteiger partial charge in [-0.1, -0.05) is 152 Å². The molecule has 0 saturated carbocycles. The van der Waals surface area contributed by atoms with Crippen molar-refractivity contribution in [1.29, 1.82) is 0 Å². The lowest BCUT2D eigenvalue weighted by Crippen LogP contribution is -2.65. The molecule has 8 aliphatic rings. The molecule has 572 valence electrons. The van der Waals surface area contributed by atoms with E-state index in [-0.39, 0.29) is 163 Å². The third-order valence-electron chi connectivity index (χ3n) is 26.1. The first-order valence-corrected chi connectivity index (χ1v) is 39.0. The summed E-state index contributed by atoms with van der Waals surface area (Å²) in [4.78, 5) is 25.5. The lowest BCUT2D eigenvalue weighted by Gasteiger charge is -2.52. The van der Waals surface area contributed by atoms with Gasteiger partial charge in [-0.2, -0.15) is 0 Å². The average molecular weight is 1400 g/mol. The van der Waals surface area contributed by atoms with E-state index in [1.807, 2.05) is 0 Å². The van der Waals surface area contributed by atoms with E-state index in [1.165, 1.54) is 0 Å². The standard InChI is InChI=1S/2C39H71NO9/c1-15-29-21(6)19(4)23(8)37(44-29)49-36-25(10)33(40-28(13)41)39(45-31(36)17-3)47-34-24(9)32(18-42-14)46-38(26(34)11)48-35-22(7)20(5)27(12)43-30(35)16-2;1-15-29-21(6)19(4)23(8)37(44-29)49-36-24(9)30(16-2)45-39(33(36)40-28(13)41)47-34-25(10)32(18-42-14)46-38(26(34)11)48-35-22(7)20(5)27(12)43-31(35)17-3/h2*19-27,29-39H,15-18H2,1-14H3,(H,40,41)/t19-,20?,21+,22+,23?,24-,25+,26?,27?,29?,30?,31?,32?,33?,34-,35-,36-,37-,38-,39-;19-,20?,21+,22+,23?,24+,25-,26?,27?,29?,30?,31?,32?,33?,34-,35-,36-,37-,38-,39-/m00/s1. The summed E-state index contributed by atoms with van der Waals surface area (Å²) in [6.45, 7) is 56.5. The van der Waals surface area contributed by atoms with Gasteiger partial charge >= 0.3 is 0 Å². The molecule has 0 aromatic rings. The summed E-state index contributed by atoms with van der Waals surface area (Å²) >= 11 is 0. The number of rotatable bonds is 24. The Balaban J connectivity index is 0.000000276. The molecule has 0 radical (unpaired) electrons. The highest BCUT2D eigenvalue weighted by molar-refractivity contribution is 5.73. The first-order chi connectivity index (χ1) is 46.4. The summed E-state index contributed by atoms with van der Waals surface area (Å²) in [6, 6.07) is -0.967. The summed E-state index contributed by atoms with van der Waals surface area (Å²) in [5.74, 6) is 2.78. The summed E-state index contributed by atoms with van der Waals surface area (Å²) in [5, 5.41) is 6.38. The predicted molar refractivity (Wildman–Crippen MR) is 377 cm³/mol. The van der Waals surface area contributed by atoms with Crippen LogP contribution in [-0.4, -0.2) is 187 Å². The maximum atomic E-state index is 12.8. The smallest absolute Gasteiger partial charge is 0.217 e. The minimum Gasteiger partial charge on any atom is -0.382 e. The van der Waals surface area contributed by atoms with Crippen molar-refractivity contribution in [3.05, 3.63) is 0 Å². The van der Waals surface area contributed by atoms with Gasteiger partial charge in [0.05, 0.1) is 117 Å². The second kappa shape index (κ2) is 37.5. The van der Waals surface area contributed by atoms with Crippen molar-refractivity contribution in [1.82, 2.24) is 10.6 Å². The van der Waals surface area contributed by atoms with Gasteiger partial charge in [-0.15, -0.1) is 0 Å². The van der Waals surface area contributed by atoms with Gasteiger partial charge < -0.3 is 86.4 Å². The third kappa shape index (κ3) is 18.9. The van der Waals surface area contributed by atoms with Crippen LogP contribution >= 0.6 is 0 Å². The Labute approximate surface area is 593 Å². The van der Waals surface area contributed by atoms with E-state index < -0.39 is 43.5 Å². The SMILES string of the molecule is CCC1OC(C)C(C)[C@@H](C)[C@@H]1O[C@@H]1OC(COC)[C@H](C)[C@H](O[C@@H]2OC(CC)[C@@H](O[C@@H]3OC(CC)[C@H](C)[C@H](C)C3C)[C@H](C)C2NC(C)=O)C1C.CCC1O[C@@H](O[C@@H]2C(C)[C@H](O[C@@H]3C(CC)OC(C)C(C)[C@H]3C)OC(COC)[C@@H]2C)C(NC(C)=O)[C@@H](O[C@@H]2OC(CC)[C@H](C)[C@H](C)C2C)[C@@H]1C. The van der Waals surface area contributed by atoms with Crippen molar-refractivity contribution in [2.45, 2.75) is 366 Å². The number of carbonyl (C=O) groups excluding carboxylic acids is 2. The minimum atomic E-state index is -0.745. The summed E-state index contributed by atoms with van der Waals surface area (Å²) in [6.07, 6.45) is 0.118. The zero-order chi connectivity index (χ0) is 72.6. The first kappa shape index (κ1) is 83.6. The van der Waals surface area contributed by atoms with Gasteiger partial charge in [0.15, 0.2) is 37.7 Å². The molecular formula is C78H142N2O18. The topological polar surface area (TPSA) is 206 Å². The molecule has 18 unspecified atom stereocenters. The van der Waals surface area contributed by atoms with Crippen LogP contribution in [0.15, 0.2) is 0 Å². The van der Waals surface area contributed by atoms with Crippen molar-refractivity contribution >= 4 is 11.8 Å². The fourth-order valence-corrected chi connectivity index (χ4v) is 17.8. The van der Waals surface area contributed by atoms with Crippen molar-refractivity contribution in [3.63, 3.8) is 0 Å². The molecule has 2 N–H and O–H groups in total. The van der Waals surface area contributed by atoms with Crippen LogP contribution in [0.1, 0.15) is 219 Å². The summed E-state index contributed by atoms with van der Waals surface area (Å²) < 4.78 is 106. The van der Waals surface area contributed by atoms with Gasteiger partial charge in [0.2, 0.25) is 11.8 Å². The molecule has 8 saturated heterocycles. The molecule has 8 fully saturated rings. The number of hydrogen-bond acceptors (Lipinski definition) is 18. The van der Waals surface area contributed by atoms with Gasteiger partial charge in [-0.05, 0) is 99.7 Å². The number of amides is 2. The lowest BCUT2D eigenvalue weighted by atomic mass is 9.78. The molecule has 20 nitrogen and oxygen atoms in total. The van der Waals surface area contributed by atoms with E-state index in [4.69, 9.17) is 75.8 Å². The fraction of sp³-hybridized carbons (Fsp3) is 0.974. The number of ether oxygens (including phenoxy) is 16. The molecule has 8 heterocycles. The van der Waals surface area contributed by atoms with Crippen molar-refractivity contribution in [2.75, 3.05) is 27.4 Å². The van der Waals surface area contributed by atoms with Gasteiger partial charge in [0.1, 0.15) is 6.04 Å². The summed E-state index contributed by atoms with van der Waals surface area (Å²) in [7, 11) is 3.39. The Morgan fingerprint density at radius 2 is 0.541 bits per heavy atom. The van der Waals surface area contributed by atoms with Crippen LogP contribution in [-0.2, 0) is 85.4 Å². The Bertz CT molecular complexity index is 2370. The van der Waals surface area contributed by atoms with Crippen molar-refractivity contribution < 1.29 is 85.4 Å². The molecular weight excluding hydrogens is 1250 g/mol. The third-order valence-corrected chi connectivity index (χ3v) is 26.1. The molecule has 40 atom stereocenters. The number of methoxy groups -OCH3 is 2. The van der Waals surface area contributed by atoms with Crippen LogP contribution in [0.3, 0.4) is 0 Å². The normalized spacial score (nSPS) is 49.4. The van der Waals surface area contributed by atoms with E-state index in [2.05, 4.69) is 177 Å². The van der Waals surface area contributed by atoms with Crippen LogP contribution in [0.5, 0.6) is 0 Å². The average Bonchev–Trinajstić information content (AvgIpc) is 0.774. The molecule has 0 aromatic heterocycles. The van der Waals surface area contributed by atoms with Crippen LogP contribution in [0, 0.1) is 94.7 Å². The van der Waals surface area contributed by atoms with Gasteiger partial charge in [-0.25, -0.2) is 0 Å². The fourth-order valence-electron chi connectivity index (χ4n) is 17.8. The quantitative estimate of drug-likeness (QED) is 0.0921. The van der Waals surface area contributed by atoms with E-state index in [0.29, 0.717) is 60.6 Å². The van der Waals surface area contributed by atoms with Crippen LogP contribution in [0.25, 0.3) is 0 Å². The predicted octanol–water partition coefficient (Wildman–Crippen LogP) is 13.1. The molecule has 98 heavy (non-hydrogen) atoms. The number of hydrogen-bond donors (Lipinski definition) is 2. The van der Waals surface area contributed by atoms with E-state index in [1.54, 1.807) is 28.1 Å². The maximum Gasteiger partial charge on any atom is 0.217 e. The molecule has 0 bridgehead atoms. The molecule has 0 spiro atoms.